The van der Waals surface area contributed by atoms with Gasteiger partial charge in [-0.05, 0) is 19.3 Å². The van der Waals surface area contributed by atoms with Gasteiger partial charge in [-0.2, -0.15) is 5.10 Å². The number of rotatable bonds is 2. The fourth-order valence-corrected chi connectivity index (χ4v) is 1.33. The Morgan fingerprint density at radius 3 is 2.38 bits per heavy atom. The summed E-state index contributed by atoms with van der Waals surface area (Å²) in [5, 5.41) is 9.63. The van der Waals surface area contributed by atoms with Crippen LogP contribution in [0.25, 0.3) is 0 Å². The molecule has 1 heterocycles. The lowest BCUT2D eigenvalue weighted by atomic mass is 9.87. The van der Waals surface area contributed by atoms with Crippen molar-refractivity contribution in [1.82, 2.24) is 10.2 Å². The number of carbonyl (C=O) groups is 1. The minimum atomic E-state index is -0.541. The smallest absolute Gasteiger partial charge is 0.241 e. The molecule has 0 aliphatic carbocycles. The number of nitrogens with one attached hydrogen (secondary N) is 2. The molecule has 5 heteroatoms. The normalized spacial score (nSPS) is 13.6. The van der Waals surface area contributed by atoms with Gasteiger partial charge in [-0.15, -0.1) is 0 Å². The molecule has 0 saturated heterocycles. The van der Waals surface area contributed by atoms with Crippen molar-refractivity contribution >= 4 is 11.6 Å². The van der Waals surface area contributed by atoms with Gasteiger partial charge in [0.25, 0.3) is 0 Å². The van der Waals surface area contributed by atoms with Crippen LogP contribution in [-0.4, -0.2) is 22.1 Å². The van der Waals surface area contributed by atoms with Crippen molar-refractivity contribution in [2.75, 3.05) is 5.32 Å². The maximum atomic E-state index is 11.9. The van der Waals surface area contributed by atoms with Gasteiger partial charge in [0, 0.05) is 0 Å². The van der Waals surface area contributed by atoms with Crippen LogP contribution in [0.2, 0.25) is 0 Å². The molecule has 5 nitrogen and oxygen atoms in total. The van der Waals surface area contributed by atoms with Crippen molar-refractivity contribution in [3.63, 3.8) is 0 Å². The molecule has 90 valence electrons. The molecular formula is C11H20N4O. The van der Waals surface area contributed by atoms with Crippen molar-refractivity contribution in [3.8, 4) is 0 Å². The Hall–Kier alpha value is -1.36. The monoisotopic (exact) mass is 224 g/mol. The lowest BCUT2D eigenvalue weighted by Crippen LogP contribution is -2.45. The summed E-state index contributed by atoms with van der Waals surface area (Å²) >= 11 is 0. The number of aromatic amines is 1. The first-order valence-electron chi connectivity index (χ1n) is 5.31. The van der Waals surface area contributed by atoms with Crippen molar-refractivity contribution < 1.29 is 4.79 Å². The third-order valence-electron chi connectivity index (χ3n) is 2.59. The standard InChI is InChI=1S/C11H20N4O/c1-6-8(7(2)15-14-6)13-10(16)9(12)11(3,4)5/h9H,12H2,1-5H3,(H,13,16)(H,14,15). The lowest BCUT2D eigenvalue weighted by molar-refractivity contribution is -0.119. The molecule has 1 atom stereocenters. The van der Waals surface area contributed by atoms with Crippen molar-refractivity contribution in [1.29, 1.82) is 0 Å². The van der Waals surface area contributed by atoms with Crippen LogP contribution in [0.3, 0.4) is 0 Å². The van der Waals surface area contributed by atoms with Gasteiger partial charge in [-0.25, -0.2) is 0 Å². The third-order valence-corrected chi connectivity index (χ3v) is 2.59. The first-order chi connectivity index (χ1) is 7.23. The average molecular weight is 224 g/mol. The van der Waals surface area contributed by atoms with E-state index in [2.05, 4.69) is 15.5 Å². The summed E-state index contributed by atoms with van der Waals surface area (Å²) in [6.07, 6.45) is 0. The van der Waals surface area contributed by atoms with Crippen molar-refractivity contribution in [2.24, 2.45) is 11.1 Å². The first-order valence-corrected chi connectivity index (χ1v) is 5.31. The van der Waals surface area contributed by atoms with E-state index in [0.717, 1.165) is 17.1 Å². The first kappa shape index (κ1) is 12.7. The highest BCUT2D eigenvalue weighted by molar-refractivity contribution is 5.96. The molecule has 1 rings (SSSR count). The van der Waals surface area contributed by atoms with Crippen LogP contribution in [0, 0.1) is 19.3 Å². The molecule has 0 aromatic carbocycles. The van der Waals surface area contributed by atoms with E-state index in [4.69, 9.17) is 5.73 Å². The summed E-state index contributed by atoms with van der Waals surface area (Å²) in [4.78, 5) is 11.9. The molecule has 1 aromatic rings. The van der Waals surface area contributed by atoms with Crippen LogP contribution in [0.5, 0.6) is 0 Å². The molecule has 0 saturated carbocycles. The highest BCUT2D eigenvalue weighted by Gasteiger charge is 2.28. The molecule has 1 unspecified atom stereocenters. The predicted molar refractivity (Wildman–Crippen MR) is 64.1 cm³/mol. The Morgan fingerprint density at radius 2 is 2.00 bits per heavy atom. The molecule has 0 bridgehead atoms. The molecular weight excluding hydrogens is 204 g/mol. The van der Waals surface area contributed by atoms with Crippen LogP contribution in [0.15, 0.2) is 0 Å². The summed E-state index contributed by atoms with van der Waals surface area (Å²) in [6, 6.07) is -0.541. The third kappa shape index (κ3) is 2.61. The number of nitrogens with two attached hydrogens (primary N) is 1. The van der Waals surface area contributed by atoms with Crippen LogP contribution in [0.1, 0.15) is 32.2 Å². The molecule has 16 heavy (non-hydrogen) atoms. The van der Waals surface area contributed by atoms with Gasteiger partial charge in [0.2, 0.25) is 5.91 Å². The number of amides is 1. The summed E-state index contributed by atoms with van der Waals surface area (Å²) in [6.45, 7) is 9.50. The van der Waals surface area contributed by atoms with E-state index in [1.165, 1.54) is 0 Å². The zero-order valence-corrected chi connectivity index (χ0v) is 10.5. The summed E-state index contributed by atoms with van der Waals surface area (Å²) in [5.74, 6) is -0.180. The maximum Gasteiger partial charge on any atom is 0.241 e. The largest absolute Gasteiger partial charge is 0.322 e. The Morgan fingerprint density at radius 1 is 1.44 bits per heavy atom. The van der Waals surface area contributed by atoms with E-state index in [-0.39, 0.29) is 11.3 Å². The molecule has 1 amide bonds. The number of H-pyrrole nitrogens is 1. The topological polar surface area (TPSA) is 83.8 Å². The highest BCUT2D eigenvalue weighted by atomic mass is 16.2. The number of aromatic nitrogens is 2. The van der Waals surface area contributed by atoms with E-state index in [9.17, 15) is 4.79 Å². The molecule has 0 aliphatic heterocycles. The van der Waals surface area contributed by atoms with Gasteiger partial charge in [-0.1, -0.05) is 20.8 Å². The van der Waals surface area contributed by atoms with E-state index in [1.807, 2.05) is 34.6 Å². The second kappa shape index (κ2) is 4.25. The van der Waals surface area contributed by atoms with Gasteiger partial charge in [-0.3, -0.25) is 9.89 Å². The van der Waals surface area contributed by atoms with Gasteiger partial charge in [0.15, 0.2) is 0 Å². The molecule has 0 radical (unpaired) electrons. The Bertz CT molecular complexity index is 370. The number of hydrogen-bond donors (Lipinski definition) is 3. The maximum absolute atomic E-state index is 11.9. The lowest BCUT2D eigenvalue weighted by Gasteiger charge is -2.25. The Balaban J connectivity index is 2.80. The number of hydrogen-bond acceptors (Lipinski definition) is 3. The van der Waals surface area contributed by atoms with Crippen molar-refractivity contribution in [2.45, 2.75) is 40.7 Å². The van der Waals surface area contributed by atoms with E-state index in [1.54, 1.807) is 0 Å². The second-order valence-corrected chi connectivity index (χ2v) is 5.14. The highest BCUT2D eigenvalue weighted by Crippen LogP contribution is 2.21. The zero-order chi connectivity index (χ0) is 12.5. The van der Waals surface area contributed by atoms with E-state index >= 15 is 0 Å². The molecule has 4 N–H and O–H groups in total. The Labute approximate surface area is 95.8 Å². The number of carbonyl (C=O) groups excluding carboxylic acids is 1. The molecule has 0 aliphatic rings. The van der Waals surface area contributed by atoms with Crippen LogP contribution in [0.4, 0.5) is 5.69 Å². The van der Waals surface area contributed by atoms with E-state index < -0.39 is 6.04 Å². The van der Waals surface area contributed by atoms with Gasteiger partial charge in [0.05, 0.1) is 23.1 Å². The summed E-state index contributed by atoms with van der Waals surface area (Å²) in [5.41, 5.74) is 7.95. The molecule has 0 spiro atoms. The minimum Gasteiger partial charge on any atom is -0.322 e. The number of aryl methyl sites for hydroxylation is 2. The van der Waals surface area contributed by atoms with E-state index in [0.29, 0.717) is 0 Å². The SMILES string of the molecule is Cc1n[nH]c(C)c1NC(=O)C(N)C(C)(C)C. The van der Waals surface area contributed by atoms with Gasteiger partial charge < -0.3 is 11.1 Å². The Kier molecular flexibility index (Phi) is 3.38. The molecule has 1 aromatic heterocycles. The summed E-state index contributed by atoms with van der Waals surface area (Å²) in [7, 11) is 0. The summed E-state index contributed by atoms with van der Waals surface area (Å²) < 4.78 is 0. The van der Waals surface area contributed by atoms with Crippen LogP contribution < -0.4 is 11.1 Å². The minimum absolute atomic E-state index is 0.180. The number of anilines is 1. The van der Waals surface area contributed by atoms with Gasteiger partial charge >= 0.3 is 0 Å². The molecule has 0 fully saturated rings. The van der Waals surface area contributed by atoms with Crippen molar-refractivity contribution in [3.05, 3.63) is 11.4 Å². The van der Waals surface area contributed by atoms with Crippen LogP contribution >= 0.6 is 0 Å². The average Bonchev–Trinajstić information content (AvgIpc) is 2.46. The van der Waals surface area contributed by atoms with Crippen LogP contribution in [-0.2, 0) is 4.79 Å². The quantitative estimate of drug-likeness (QED) is 0.708. The second-order valence-electron chi connectivity index (χ2n) is 5.14. The predicted octanol–water partition coefficient (Wildman–Crippen LogP) is 1.34. The zero-order valence-electron chi connectivity index (χ0n) is 10.5. The van der Waals surface area contributed by atoms with Gasteiger partial charge in [0.1, 0.15) is 0 Å². The fourth-order valence-electron chi connectivity index (χ4n) is 1.33. The number of nitrogens with zero attached hydrogens (tertiary/aromatic N) is 1. The fraction of sp³-hybridized carbons (Fsp3) is 0.636.